The molecule has 32 heavy (non-hydrogen) atoms. The summed E-state index contributed by atoms with van der Waals surface area (Å²) in [6, 6.07) is 15.4. The monoisotopic (exact) mass is 465 g/mol. The van der Waals surface area contributed by atoms with Crippen molar-refractivity contribution in [1.82, 2.24) is 9.55 Å². The van der Waals surface area contributed by atoms with E-state index in [1.807, 2.05) is 47.4 Å². The number of thioether (sulfide) groups is 2. The number of hydrogen-bond donors (Lipinski definition) is 0. The Kier molecular flexibility index (Phi) is 5.73. The quantitative estimate of drug-likeness (QED) is 0.420. The lowest BCUT2D eigenvalue weighted by molar-refractivity contribution is -0.116. The number of aromatic nitrogens is 2. The van der Waals surface area contributed by atoms with Crippen molar-refractivity contribution in [2.45, 2.75) is 35.1 Å². The average molecular weight is 466 g/mol. The van der Waals surface area contributed by atoms with Crippen LogP contribution in [0.2, 0.25) is 0 Å². The van der Waals surface area contributed by atoms with Gasteiger partial charge in [-0.15, -0.1) is 11.8 Å². The van der Waals surface area contributed by atoms with Gasteiger partial charge in [-0.05, 0) is 42.3 Å². The van der Waals surface area contributed by atoms with Gasteiger partial charge in [0.25, 0.3) is 5.56 Å². The minimum Gasteiger partial charge on any atom is -0.497 e. The number of para-hydroxylation sites is 1. The molecule has 1 atom stereocenters. The summed E-state index contributed by atoms with van der Waals surface area (Å²) in [7, 11) is 1.61. The minimum absolute atomic E-state index is 0.0266. The standard InChI is InChI=1S/C24H23N3O3S2/c1-15-13-19-22(32-15)23(29)27(17-7-9-18(30-2)10-8-17)24(25-19)31-14-21(28)26-12-11-16-5-3-4-6-20(16)26/h3-10,15H,11-14H2,1-2H3. The molecule has 6 nitrogen and oxygen atoms in total. The summed E-state index contributed by atoms with van der Waals surface area (Å²) in [6.07, 6.45) is 1.63. The number of nitrogens with zero attached hydrogens (tertiary/aromatic N) is 3. The summed E-state index contributed by atoms with van der Waals surface area (Å²) >= 11 is 2.90. The van der Waals surface area contributed by atoms with Gasteiger partial charge in [-0.3, -0.25) is 14.2 Å². The van der Waals surface area contributed by atoms with Crippen LogP contribution in [0.15, 0.2) is 63.4 Å². The van der Waals surface area contributed by atoms with Gasteiger partial charge in [-0.1, -0.05) is 36.9 Å². The summed E-state index contributed by atoms with van der Waals surface area (Å²) in [6.45, 7) is 2.79. The molecule has 0 N–H and O–H groups in total. The molecule has 0 saturated heterocycles. The number of carbonyl (C=O) groups excluding carboxylic acids is 1. The maximum absolute atomic E-state index is 13.4. The van der Waals surface area contributed by atoms with Crippen molar-refractivity contribution in [3.63, 3.8) is 0 Å². The molecule has 2 aliphatic heterocycles. The summed E-state index contributed by atoms with van der Waals surface area (Å²) in [5, 5.41) is 0.868. The van der Waals surface area contributed by atoms with Crippen molar-refractivity contribution in [2.75, 3.05) is 24.3 Å². The number of amides is 1. The predicted molar refractivity (Wildman–Crippen MR) is 129 cm³/mol. The lowest BCUT2D eigenvalue weighted by Crippen LogP contribution is -2.31. The number of fused-ring (bicyclic) bond motifs is 2. The zero-order valence-electron chi connectivity index (χ0n) is 17.9. The third kappa shape index (κ3) is 3.82. The number of benzene rings is 2. The molecule has 0 spiro atoms. The lowest BCUT2D eigenvalue weighted by Gasteiger charge is -2.18. The molecule has 3 heterocycles. The predicted octanol–water partition coefficient (Wildman–Crippen LogP) is 3.96. The van der Waals surface area contributed by atoms with E-state index in [9.17, 15) is 9.59 Å². The van der Waals surface area contributed by atoms with E-state index in [1.165, 1.54) is 17.3 Å². The Morgan fingerprint density at radius 2 is 2.00 bits per heavy atom. The zero-order valence-corrected chi connectivity index (χ0v) is 19.5. The van der Waals surface area contributed by atoms with E-state index in [2.05, 4.69) is 13.0 Å². The van der Waals surface area contributed by atoms with E-state index < -0.39 is 0 Å². The van der Waals surface area contributed by atoms with Crippen LogP contribution in [0.5, 0.6) is 5.75 Å². The molecule has 1 amide bonds. The first-order valence-electron chi connectivity index (χ1n) is 10.5. The van der Waals surface area contributed by atoms with Crippen LogP contribution >= 0.6 is 23.5 Å². The number of carbonyl (C=O) groups is 1. The van der Waals surface area contributed by atoms with Crippen LogP contribution in [-0.2, 0) is 17.6 Å². The zero-order chi connectivity index (χ0) is 22.2. The highest BCUT2D eigenvalue weighted by Crippen LogP contribution is 2.35. The fraction of sp³-hybridized carbons (Fsp3) is 0.292. The number of methoxy groups -OCH3 is 1. The first-order valence-corrected chi connectivity index (χ1v) is 12.4. The third-order valence-electron chi connectivity index (χ3n) is 5.72. The Morgan fingerprint density at radius 1 is 1.22 bits per heavy atom. The van der Waals surface area contributed by atoms with Crippen LogP contribution in [0.4, 0.5) is 5.69 Å². The second-order valence-corrected chi connectivity index (χ2v) is 10.2. The molecule has 164 valence electrons. The largest absolute Gasteiger partial charge is 0.497 e. The summed E-state index contributed by atoms with van der Waals surface area (Å²) < 4.78 is 6.88. The van der Waals surface area contributed by atoms with Gasteiger partial charge in [0.15, 0.2) is 5.16 Å². The van der Waals surface area contributed by atoms with Gasteiger partial charge < -0.3 is 9.64 Å². The van der Waals surface area contributed by atoms with Gasteiger partial charge in [0.05, 0.1) is 29.1 Å². The van der Waals surface area contributed by atoms with Crippen LogP contribution < -0.4 is 15.2 Å². The average Bonchev–Trinajstić information content (AvgIpc) is 3.41. The molecule has 0 fully saturated rings. The van der Waals surface area contributed by atoms with E-state index in [-0.39, 0.29) is 17.2 Å². The third-order valence-corrected chi connectivity index (χ3v) is 7.86. The minimum atomic E-state index is -0.0732. The smallest absolute Gasteiger partial charge is 0.272 e. The van der Waals surface area contributed by atoms with Gasteiger partial charge >= 0.3 is 0 Å². The van der Waals surface area contributed by atoms with Crippen molar-refractivity contribution in [3.8, 4) is 11.4 Å². The highest BCUT2D eigenvalue weighted by Gasteiger charge is 2.28. The van der Waals surface area contributed by atoms with E-state index in [0.717, 1.165) is 30.0 Å². The molecule has 0 aliphatic carbocycles. The maximum Gasteiger partial charge on any atom is 0.272 e. The molecule has 5 rings (SSSR count). The summed E-state index contributed by atoms with van der Waals surface area (Å²) in [4.78, 5) is 33.8. The fourth-order valence-corrected chi connectivity index (χ4v) is 6.16. The Hall–Kier alpha value is -2.71. The van der Waals surface area contributed by atoms with Gasteiger partial charge in [-0.2, -0.15) is 0 Å². The van der Waals surface area contributed by atoms with Crippen molar-refractivity contribution < 1.29 is 9.53 Å². The number of rotatable bonds is 5. The van der Waals surface area contributed by atoms with Gasteiger partial charge in [0.2, 0.25) is 5.91 Å². The van der Waals surface area contributed by atoms with E-state index in [4.69, 9.17) is 9.72 Å². The maximum atomic E-state index is 13.4. The molecule has 0 saturated carbocycles. The number of ether oxygens (including phenoxy) is 1. The lowest BCUT2D eigenvalue weighted by atomic mass is 10.2. The van der Waals surface area contributed by atoms with Crippen LogP contribution in [0.1, 0.15) is 18.2 Å². The molecule has 2 aromatic carbocycles. The SMILES string of the molecule is COc1ccc(-n2c(SCC(=O)N3CCc4ccccc43)nc3c(c2=O)SC(C)C3)cc1. The Morgan fingerprint density at radius 3 is 2.78 bits per heavy atom. The summed E-state index contributed by atoms with van der Waals surface area (Å²) in [5.74, 6) is 0.966. The first kappa shape index (κ1) is 21.2. The molecule has 2 aliphatic rings. The molecule has 3 aromatic rings. The van der Waals surface area contributed by atoms with E-state index in [1.54, 1.807) is 23.4 Å². The first-order chi connectivity index (χ1) is 15.5. The van der Waals surface area contributed by atoms with Crippen LogP contribution in [0, 0.1) is 0 Å². The van der Waals surface area contributed by atoms with Crippen molar-refractivity contribution in [3.05, 3.63) is 70.1 Å². The Labute approximate surface area is 195 Å². The highest BCUT2D eigenvalue weighted by atomic mass is 32.2. The summed E-state index contributed by atoms with van der Waals surface area (Å²) in [5.41, 5.74) is 3.66. The van der Waals surface area contributed by atoms with E-state index >= 15 is 0 Å². The highest BCUT2D eigenvalue weighted by molar-refractivity contribution is 8.00. The van der Waals surface area contributed by atoms with Crippen molar-refractivity contribution >= 4 is 35.1 Å². The topological polar surface area (TPSA) is 64.4 Å². The molecule has 8 heteroatoms. The van der Waals surface area contributed by atoms with Gasteiger partial charge in [0.1, 0.15) is 5.75 Å². The van der Waals surface area contributed by atoms with Crippen molar-refractivity contribution in [2.24, 2.45) is 0 Å². The van der Waals surface area contributed by atoms with E-state index in [0.29, 0.717) is 27.5 Å². The fourth-order valence-electron chi connectivity index (χ4n) is 4.16. The number of hydrogen-bond acceptors (Lipinski definition) is 6. The van der Waals surface area contributed by atoms with Crippen LogP contribution in [0.3, 0.4) is 0 Å². The molecule has 1 unspecified atom stereocenters. The molecular formula is C24H23N3O3S2. The second kappa shape index (κ2) is 8.67. The number of anilines is 1. The van der Waals surface area contributed by atoms with Gasteiger partial charge in [-0.25, -0.2) is 4.98 Å². The second-order valence-electron chi connectivity index (χ2n) is 7.85. The molecular weight excluding hydrogens is 442 g/mol. The van der Waals surface area contributed by atoms with Crippen LogP contribution in [0.25, 0.3) is 5.69 Å². The Bertz CT molecular complexity index is 1240. The van der Waals surface area contributed by atoms with Crippen molar-refractivity contribution in [1.29, 1.82) is 0 Å². The Balaban J connectivity index is 1.46. The molecule has 1 aromatic heterocycles. The molecule has 0 bridgehead atoms. The van der Waals surface area contributed by atoms with Crippen LogP contribution in [-0.4, -0.2) is 40.1 Å². The van der Waals surface area contributed by atoms with Gasteiger partial charge in [0, 0.05) is 23.9 Å². The molecule has 0 radical (unpaired) electrons. The normalized spacial score (nSPS) is 16.7.